The number of hydrogen-bond acceptors (Lipinski definition) is 4. The van der Waals surface area contributed by atoms with E-state index in [4.69, 9.17) is 4.74 Å². The monoisotopic (exact) mass is 290 g/mol. The number of rotatable bonds is 6. The molecule has 1 aliphatic rings. The fraction of sp³-hybridized carbons (Fsp3) is 0.588. The van der Waals surface area contributed by atoms with E-state index in [1.165, 1.54) is 0 Å². The molecule has 0 N–H and O–H groups in total. The summed E-state index contributed by atoms with van der Waals surface area (Å²) in [5, 5.41) is 0. The van der Waals surface area contributed by atoms with Crippen LogP contribution in [0.1, 0.15) is 31.4 Å². The summed E-state index contributed by atoms with van der Waals surface area (Å²) < 4.78 is 5.33. The van der Waals surface area contributed by atoms with E-state index in [1.54, 1.807) is 0 Å². The minimum absolute atomic E-state index is 0.130. The van der Waals surface area contributed by atoms with Crippen molar-refractivity contribution >= 4 is 5.97 Å². The maximum atomic E-state index is 12.5. The Morgan fingerprint density at radius 1 is 1.38 bits per heavy atom. The molecule has 1 aliphatic heterocycles. The van der Waals surface area contributed by atoms with Crippen molar-refractivity contribution in [1.29, 1.82) is 0 Å². The maximum Gasteiger partial charge on any atom is 0.328 e. The van der Waals surface area contributed by atoms with E-state index < -0.39 is 0 Å². The Morgan fingerprint density at radius 3 is 2.71 bits per heavy atom. The lowest BCUT2D eigenvalue weighted by Crippen LogP contribution is -2.43. The Hall–Kier alpha value is -1.39. The first-order valence-corrected chi connectivity index (χ1v) is 7.75. The van der Waals surface area contributed by atoms with Gasteiger partial charge >= 0.3 is 5.97 Å². The number of likely N-dealkylation sites (N-methyl/N-ethyl adjacent to an activating group) is 1. The second-order valence-electron chi connectivity index (χ2n) is 5.86. The number of nitrogens with zero attached hydrogens (tertiary/aromatic N) is 2. The van der Waals surface area contributed by atoms with Gasteiger partial charge in [0.15, 0.2) is 0 Å². The van der Waals surface area contributed by atoms with Crippen molar-refractivity contribution in [3.8, 4) is 0 Å². The Bertz CT molecular complexity index is 447. The molecule has 0 bridgehead atoms. The van der Waals surface area contributed by atoms with Crippen LogP contribution in [0.2, 0.25) is 0 Å². The third-order valence-corrected chi connectivity index (χ3v) is 3.96. The van der Waals surface area contributed by atoms with Gasteiger partial charge < -0.3 is 9.64 Å². The van der Waals surface area contributed by atoms with Crippen LogP contribution >= 0.6 is 0 Å². The van der Waals surface area contributed by atoms with Crippen LogP contribution in [0.15, 0.2) is 30.3 Å². The lowest BCUT2D eigenvalue weighted by molar-refractivity contribution is -0.150. The molecule has 4 heteroatoms. The summed E-state index contributed by atoms with van der Waals surface area (Å²) in [4.78, 5) is 17.0. The number of ether oxygens (including phenoxy) is 1. The minimum atomic E-state index is -0.279. The molecule has 1 aromatic carbocycles. The molecular formula is C17H26N2O2. The fourth-order valence-corrected chi connectivity index (χ4v) is 3.13. The molecule has 0 radical (unpaired) electrons. The van der Waals surface area contributed by atoms with Crippen LogP contribution in [0.25, 0.3) is 0 Å². The molecule has 1 saturated heterocycles. The molecule has 0 aliphatic carbocycles. The van der Waals surface area contributed by atoms with Crippen LogP contribution in [0.4, 0.5) is 0 Å². The van der Waals surface area contributed by atoms with E-state index in [0.29, 0.717) is 12.6 Å². The molecule has 0 saturated carbocycles. The first-order chi connectivity index (χ1) is 10.1. The lowest BCUT2D eigenvalue weighted by atomic mass is 10.0. The van der Waals surface area contributed by atoms with Crippen LogP contribution in [0, 0.1) is 0 Å². The summed E-state index contributed by atoms with van der Waals surface area (Å²) in [6.07, 6.45) is 2.28. The normalized spacial score (nSPS) is 20.7. The summed E-state index contributed by atoms with van der Waals surface area (Å²) in [5.41, 5.74) is 1.03. The zero-order chi connectivity index (χ0) is 15.2. The molecule has 1 heterocycles. The third kappa shape index (κ3) is 4.05. The molecule has 2 atom stereocenters. The van der Waals surface area contributed by atoms with Crippen molar-refractivity contribution in [2.75, 3.05) is 33.8 Å². The standard InChI is InChI=1S/C17H26N2O2/c1-4-21-17(20)16(14-9-6-5-7-10-14)19-12-8-11-15(19)13-18(2)3/h5-7,9-10,15-16H,4,8,11-13H2,1-3H3. The van der Waals surface area contributed by atoms with Gasteiger partial charge in [0.2, 0.25) is 0 Å². The van der Waals surface area contributed by atoms with E-state index >= 15 is 0 Å². The molecule has 2 unspecified atom stereocenters. The summed E-state index contributed by atoms with van der Waals surface area (Å²) in [5.74, 6) is -0.130. The number of likely N-dealkylation sites (tertiary alicyclic amines) is 1. The Kier molecular flexibility index (Phi) is 5.76. The smallest absolute Gasteiger partial charge is 0.328 e. The van der Waals surface area contributed by atoms with Gasteiger partial charge in [-0.15, -0.1) is 0 Å². The first kappa shape index (κ1) is 16.0. The molecule has 0 amide bonds. The van der Waals surface area contributed by atoms with Gasteiger partial charge in [0.05, 0.1) is 6.61 Å². The highest BCUT2D eigenvalue weighted by atomic mass is 16.5. The van der Waals surface area contributed by atoms with Crippen molar-refractivity contribution in [3.63, 3.8) is 0 Å². The average molecular weight is 290 g/mol. The number of hydrogen-bond donors (Lipinski definition) is 0. The summed E-state index contributed by atoms with van der Waals surface area (Å²) in [6, 6.07) is 10.1. The Balaban J connectivity index is 2.24. The van der Waals surface area contributed by atoms with Gasteiger partial charge in [0, 0.05) is 12.6 Å². The van der Waals surface area contributed by atoms with Gasteiger partial charge in [-0.25, -0.2) is 4.79 Å². The van der Waals surface area contributed by atoms with E-state index in [9.17, 15) is 4.79 Å². The minimum Gasteiger partial charge on any atom is -0.465 e. The molecule has 0 spiro atoms. The Morgan fingerprint density at radius 2 is 2.10 bits per heavy atom. The number of carbonyl (C=O) groups excluding carboxylic acids is 1. The van der Waals surface area contributed by atoms with Crippen LogP contribution in [-0.2, 0) is 9.53 Å². The van der Waals surface area contributed by atoms with E-state index in [-0.39, 0.29) is 12.0 Å². The van der Waals surface area contributed by atoms with Crippen LogP contribution in [0.3, 0.4) is 0 Å². The van der Waals surface area contributed by atoms with Crippen LogP contribution in [0.5, 0.6) is 0 Å². The molecule has 2 rings (SSSR count). The number of benzene rings is 1. The average Bonchev–Trinajstić information content (AvgIpc) is 2.88. The predicted molar refractivity (Wildman–Crippen MR) is 84.1 cm³/mol. The molecule has 21 heavy (non-hydrogen) atoms. The van der Waals surface area contributed by atoms with E-state index in [2.05, 4.69) is 23.9 Å². The molecule has 4 nitrogen and oxygen atoms in total. The summed E-state index contributed by atoms with van der Waals surface area (Å²) in [7, 11) is 4.16. The van der Waals surface area contributed by atoms with Gasteiger partial charge in [-0.3, -0.25) is 4.90 Å². The second kappa shape index (κ2) is 7.57. The molecular weight excluding hydrogens is 264 g/mol. The van der Waals surface area contributed by atoms with Crippen molar-refractivity contribution in [3.05, 3.63) is 35.9 Å². The van der Waals surface area contributed by atoms with E-state index in [1.807, 2.05) is 37.3 Å². The van der Waals surface area contributed by atoms with E-state index in [0.717, 1.165) is 31.5 Å². The topological polar surface area (TPSA) is 32.8 Å². The summed E-state index contributed by atoms with van der Waals surface area (Å²) in [6.45, 7) is 4.22. The number of esters is 1. The molecule has 1 aromatic rings. The van der Waals surface area contributed by atoms with Gasteiger partial charge in [0.1, 0.15) is 6.04 Å². The quantitative estimate of drug-likeness (QED) is 0.753. The zero-order valence-electron chi connectivity index (χ0n) is 13.3. The largest absolute Gasteiger partial charge is 0.465 e. The lowest BCUT2D eigenvalue weighted by Gasteiger charge is -2.33. The van der Waals surface area contributed by atoms with Crippen molar-refractivity contribution in [2.24, 2.45) is 0 Å². The van der Waals surface area contributed by atoms with Crippen molar-refractivity contribution in [2.45, 2.75) is 31.8 Å². The SMILES string of the molecule is CCOC(=O)C(c1ccccc1)N1CCCC1CN(C)C. The van der Waals surface area contributed by atoms with Crippen molar-refractivity contribution in [1.82, 2.24) is 9.80 Å². The van der Waals surface area contributed by atoms with Crippen LogP contribution < -0.4 is 0 Å². The van der Waals surface area contributed by atoms with Gasteiger partial charge in [-0.05, 0) is 46.0 Å². The van der Waals surface area contributed by atoms with Crippen molar-refractivity contribution < 1.29 is 9.53 Å². The highest BCUT2D eigenvalue weighted by Gasteiger charge is 2.36. The predicted octanol–water partition coefficient (Wildman–Crippen LogP) is 2.32. The second-order valence-corrected chi connectivity index (χ2v) is 5.86. The zero-order valence-corrected chi connectivity index (χ0v) is 13.3. The van der Waals surface area contributed by atoms with Gasteiger partial charge in [0.25, 0.3) is 0 Å². The van der Waals surface area contributed by atoms with Gasteiger partial charge in [-0.1, -0.05) is 30.3 Å². The van der Waals surface area contributed by atoms with Crippen LogP contribution in [-0.4, -0.2) is 55.6 Å². The number of carbonyl (C=O) groups is 1. The molecule has 1 fully saturated rings. The first-order valence-electron chi connectivity index (χ1n) is 7.75. The molecule has 116 valence electrons. The maximum absolute atomic E-state index is 12.5. The third-order valence-electron chi connectivity index (χ3n) is 3.96. The highest BCUT2D eigenvalue weighted by molar-refractivity contribution is 5.77. The van der Waals surface area contributed by atoms with Gasteiger partial charge in [-0.2, -0.15) is 0 Å². The highest BCUT2D eigenvalue weighted by Crippen LogP contribution is 2.30. The Labute approximate surface area is 127 Å². The fourth-order valence-electron chi connectivity index (χ4n) is 3.13. The molecule has 0 aromatic heterocycles. The summed E-state index contributed by atoms with van der Waals surface area (Å²) >= 11 is 0.